The van der Waals surface area contributed by atoms with Crippen LogP contribution in [0.5, 0.6) is 0 Å². The lowest BCUT2D eigenvalue weighted by molar-refractivity contribution is 0.102. The summed E-state index contributed by atoms with van der Waals surface area (Å²) >= 11 is 8.76. The highest BCUT2D eigenvalue weighted by Gasteiger charge is 2.13. The lowest BCUT2D eigenvalue weighted by Crippen LogP contribution is -2.04. The molecule has 13 heavy (non-hydrogen) atoms. The number of hydrogen-bond donors (Lipinski definition) is 0. The fourth-order valence-corrected chi connectivity index (χ4v) is 1.76. The molecule has 0 heterocycles. The Hall–Kier alpha value is -0.410. The average molecular weight is 266 g/mol. The van der Waals surface area contributed by atoms with E-state index in [2.05, 4.69) is 15.9 Å². The molecule has 0 atom stereocenters. The summed E-state index contributed by atoms with van der Waals surface area (Å²) in [6.07, 6.45) is 0. The third-order valence-corrected chi connectivity index (χ3v) is 2.46. The Kier molecular flexibility index (Phi) is 3.45. The number of Topliss-reactive ketones (excluding diaryl/α,β-unsaturated/α-hetero) is 1. The van der Waals surface area contributed by atoms with Crippen molar-refractivity contribution >= 4 is 33.3 Å². The van der Waals surface area contributed by atoms with E-state index in [0.717, 1.165) is 6.07 Å². The van der Waals surface area contributed by atoms with Crippen LogP contribution in [0.2, 0.25) is 5.02 Å². The first-order valence-corrected chi connectivity index (χ1v) is 5.11. The van der Waals surface area contributed by atoms with Gasteiger partial charge >= 0.3 is 0 Å². The van der Waals surface area contributed by atoms with Crippen molar-refractivity contribution in [2.45, 2.75) is 6.92 Å². The molecule has 4 heteroatoms. The minimum Gasteiger partial charge on any atom is -0.293 e. The third-order valence-electron chi connectivity index (χ3n) is 1.65. The van der Waals surface area contributed by atoms with E-state index in [1.165, 1.54) is 6.07 Å². The largest absolute Gasteiger partial charge is 0.293 e. The van der Waals surface area contributed by atoms with Gasteiger partial charge in [0.2, 0.25) is 0 Å². The maximum Gasteiger partial charge on any atom is 0.175 e. The first-order chi connectivity index (χ1) is 6.06. The number of rotatable bonds is 2. The van der Waals surface area contributed by atoms with Crippen molar-refractivity contribution in [3.8, 4) is 0 Å². The van der Waals surface area contributed by atoms with Crippen LogP contribution < -0.4 is 0 Å². The third kappa shape index (κ3) is 2.29. The van der Waals surface area contributed by atoms with Gasteiger partial charge in [0.15, 0.2) is 5.78 Å². The number of carbonyl (C=O) groups is 1. The Morgan fingerprint density at radius 1 is 1.62 bits per heavy atom. The van der Waals surface area contributed by atoms with Crippen molar-refractivity contribution in [1.29, 1.82) is 0 Å². The lowest BCUT2D eigenvalue weighted by Gasteiger charge is -2.05. The summed E-state index contributed by atoms with van der Waals surface area (Å²) in [5.41, 5.74) is 0.953. The van der Waals surface area contributed by atoms with Crippen molar-refractivity contribution in [2.24, 2.45) is 0 Å². The van der Waals surface area contributed by atoms with Gasteiger partial charge in [0.05, 0.1) is 10.4 Å². The molecule has 0 aliphatic rings. The molecule has 1 rings (SSSR count). The second-order valence-electron chi connectivity index (χ2n) is 2.64. The van der Waals surface area contributed by atoms with Gasteiger partial charge in [-0.2, -0.15) is 0 Å². The van der Waals surface area contributed by atoms with E-state index >= 15 is 0 Å². The van der Waals surface area contributed by atoms with E-state index < -0.39 is 5.82 Å². The summed E-state index contributed by atoms with van der Waals surface area (Å²) < 4.78 is 12.8. The van der Waals surface area contributed by atoms with Crippen molar-refractivity contribution in [2.75, 3.05) is 5.33 Å². The highest BCUT2D eigenvalue weighted by Crippen LogP contribution is 2.22. The molecule has 0 spiro atoms. The number of alkyl halides is 1. The SMILES string of the molecule is Cc1cc(F)cc(Cl)c1C(=O)CBr. The minimum absolute atomic E-state index is 0.137. The zero-order valence-corrected chi connectivity index (χ0v) is 9.25. The predicted octanol–water partition coefficient (Wildman–Crippen LogP) is 3.37. The van der Waals surface area contributed by atoms with E-state index in [-0.39, 0.29) is 16.1 Å². The van der Waals surface area contributed by atoms with E-state index in [0.29, 0.717) is 11.1 Å². The lowest BCUT2D eigenvalue weighted by atomic mass is 10.1. The quantitative estimate of drug-likeness (QED) is 0.592. The molecule has 0 aliphatic carbocycles. The van der Waals surface area contributed by atoms with Crippen molar-refractivity contribution in [3.63, 3.8) is 0 Å². The van der Waals surface area contributed by atoms with E-state index in [9.17, 15) is 9.18 Å². The maximum atomic E-state index is 12.8. The smallest absolute Gasteiger partial charge is 0.175 e. The van der Waals surface area contributed by atoms with Crippen LogP contribution in [0.1, 0.15) is 15.9 Å². The summed E-state index contributed by atoms with van der Waals surface area (Å²) in [4.78, 5) is 11.3. The van der Waals surface area contributed by atoms with Crippen molar-refractivity contribution in [3.05, 3.63) is 34.1 Å². The van der Waals surface area contributed by atoms with Crippen LogP contribution in [0.15, 0.2) is 12.1 Å². The zero-order chi connectivity index (χ0) is 10.0. The number of ketones is 1. The van der Waals surface area contributed by atoms with E-state index in [1.807, 2.05) is 0 Å². The molecule has 0 aromatic heterocycles. The van der Waals surface area contributed by atoms with Gasteiger partial charge in [-0.25, -0.2) is 4.39 Å². The Labute approximate surface area is 89.0 Å². The van der Waals surface area contributed by atoms with Crippen LogP contribution in [0.4, 0.5) is 4.39 Å². The summed E-state index contributed by atoms with van der Waals surface area (Å²) in [6.45, 7) is 1.66. The molecule has 0 amide bonds. The van der Waals surface area contributed by atoms with Crippen LogP contribution in [-0.4, -0.2) is 11.1 Å². The second-order valence-corrected chi connectivity index (χ2v) is 3.60. The van der Waals surface area contributed by atoms with Gasteiger partial charge in [0, 0.05) is 5.56 Å². The minimum atomic E-state index is -0.423. The number of carbonyl (C=O) groups excluding carboxylic acids is 1. The summed E-state index contributed by atoms with van der Waals surface area (Å²) in [7, 11) is 0. The fourth-order valence-electron chi connectivity index (χ4n) is 1.12. The summed E-state index contributed by atoms with van der Waals surface area (Å²) in [6, 6.07) is 2.44. The molecule has 0 aliphatic heterocycles. The van der Waals surface area contributed by atoms with Gasteiger partial charge in [-0.15, -0.1) is 0 Å². The van der Waals surface area contributed by atoms with E-state index in [1.54, 1.807) is 6.92 Å². The monoisotopic (exact) mass is 264 g/mol. The highest BCUT2D eigenvalue weighted by molar-refractivity contribution is 9.09. The Bertz CT molecular complexity index is 328. The van der Waals surface area contributed by atoms with Gasteiger partial charge < -0.3 is 0 Å². The fraction of sp³-hybridized carbons (Fsp3) is 0.222. The Balaban J connectivity index is 3.28. The van der Waals surface area contributed by atoms with Crippen LogP contribution in [0, 0.1) is 12.7 Å². The molecule has 0 unspecified atom stereocenters. The van der Waals surface area contributed by atoms with E-state index in [4.69, 9.17) is 11.6 Å². The maximum absolute atomic E-state index is 12.8. The number of hydrogen-bond acceptors (Lipinski definition) is 1. The highest BCUT2D eigenvalue weighted by atomic mass is 79.9. The number of halogens is 3. The average Bonchev–Trinajstić information content (AvgIpc) is 2.02. The van der Waals surface area contributed by atoms with Gasteiger partial charge in [0.25, 0.3) is 0 Å². The Morgan fingerprint density at radius 3 is 2.69 bits per heavy atom. The van der Waals surface area contributed by atoms with Crippen LogP contribution in [0.3, 0.4) is 0 Å². The van der Waals surface area contributed by atoms with Gasteiger partial charge in [-0.05, 0) is 24.6 Å². The van der Waals surface area contributed by atoms with Crippen LogP contribution in [0.25, 0.3) is 0 Å². The van der Waals surface area contributed by atoms with Gasteiger partial charge in [0.1, 0.15) is 5.82 Å². The number of benzene rings is 1. The molecule has 1 aromatic rings. The zero-order valence-electron chi connectivity index (χ0n) is 6.90. The molecule has 0 bridgehead atoms. The molecule has 0 saturated heterocycles. The summed E-state index contributed by atoms with van der Waals surface area (Å²) in [5.74, 6) is -0.559. The molecule has 1 nitrogen and oxygen atoms in total. The molecular formula is C9H7BrClFO. The van der Waals surface area contributed by atoms with Gasteiger partial charge in [-0.1, -0.05) is 27.5 Å². The topological polar surface area (TPSA) is 17.1 Å². The molecule has 1 aromatic carbocycles. The first-order valence-electron chi connectivity index (χ1n) is 3.61. The van der Waals surface area contributed by atoms with Gasteiger partial charge in [-0.3, -0.25) is 4.79 Å². The molecule has 0 fully saturated rings. The molecule has 0 saturated carbocycles. The molecule has 70 valence electrons. The second kappa shape index (κ2) is 4.20. The Morgan fingerprint density at radius 2 is 2.23 bits per heavy atom. The summed E-state index contributed by atoms with van der Waals surface area (Å²) in [5, 5.41) is 0.362. The van der Waals surface area contributed by atoms with Crippen molar-refractivity contribution < 1.29 is 9.18 Å². The standard InChI is InChI=1S/C9H7BrClFO/c1-5-2-6(12)3-7(11)9(5)8(13)4-10/h2-3H,4H2,1H3. The van der Waals surface area contributed by atoms with Crippen LogP contribution >= 0.6 is 27.5 Å². The normalized spacial score (nSPS) is 10.2. The van der Waals surface area contributed by atoms with Crippen molar-refractivity contribution in [1.82, 2.24) is 0 Å². The molecule has 0 N–H and O–H groups in total. The first kappa shape index (κ1) is 10.7. The molecular weight excluding hydrogens is 258 g/mol. The predicted molar refractivity (Wildman–Crippen MR) is 54.3 cm³/mol. The molecule has 0 radical (unpaired) electrons. The van der Waals surface area contributed by atoms with Crippen LogP contribution in [-0.2, 0) is 0 Å². The number of aryl methyl sites for hydroxylation is 1.